The Balaban J connectivity index is 2.11. The Labute approximate surface area is 158 Å². The highest BCUT2D eigenvalue weighted by Gasteiger charge is 2.20. The number of benzene rings is 1. The molecule has 0 aliphatic rings. The number of amides is 3. The highest BCUT2D eigenvalue weighted by molar-refractivity contribution is 6.05. The molecule has 7 nitrogen and oxygen atoms in total. The number of fused-ring (bicyclic) bond motifs is 1. The lowest BCUT2D eigenvalue weighted by Crippen LogP contribution is -2.44. The number of carbonyl (C=O) groups is 3. The molecule has 2 aromatic rings. The van der Waals surface area contributed by atoms with Gasteiger partial charge in [-0.15, -0.1) is 0 Å². The number of aromatic nitrogens is 1. The van der Waals surface area contributed by atoms with Crippen LogP contribution in [0.15, 0.2) is 24.3 Å². The van der Waals surface area contributed by atoms with Crippen LogP contribution in [0.1, 0.15) is 48.8 Å². The van der Waals surface area contributed by atoms with Crippen molar-refractivity contribution in [2.75, 3.05) is 6.61 Å². The average molecular weight is 371 g/mol. The van der Waals surface area contributed by atoms with Crippen molar-refractivity contribution in [2.45, 2.75) is 46.6 Å². The Morgan fingerprint density at radius 3 is 2.56 bits per heavy atom. The Morgan fingerprint density at radius 1 is 1.19 bits per heavy atom. The van der Waals surface area contributed by atoms with Gasteiger partial charge in [0.1, 0.15) is 0 Å². The summed E-state index contributed by atoms with van der Waals surface area (Å²) in [6.45, 7) is 6.98. The first-order valence-electron chi connectivity index (χ1n) is 9.03. The summed E-state index contributed by atoms with van der Waals surface area (Å²) in [4.78, 5) is 40.7. The smallest absolute Gasteiger partial charge is 0.339 e. The third-order valence-electron chi connectivity index (χ3n) is 4.35. The lowest BCUT2D eigenvalue weighted by atomic mass is 10.0. The van der Waals surface area contributed by atoms with E-state index in [0.717, 1.165) is 17.7 Å². The summed E-state index contributed by atoms with van der Waals surface area (Å²) in [6.07, 6.45) is 1.41. The van der Waals surface area contributed by atoms with Crippen LogP contribution in [0.3, 0.4) is 0 Å². The first-order valence-corrected chi connectivity index (χ1v) is 9.03. The molecule has 7 heteroatoms. The largest absolute Gasteiger partial charge is 0.452 e. The second-order valence-corrected chi connectivity index (χ2v) is 6.34. The summed E-state index contributed by atoms with van der Waals surface area (Å²) in [5.41, 5.74) is 2.63. The van der Waals surface area contributed by atoms with Gasteiger partial charge in [-0.05, 0) is 38.3 Å². The fraction of sp³-hybridized carbons (Fsp3) is 0.400. The van der Waals surface area contributed by atoms with Gasteiger partial charge in [-0.1, -0.05) is 32.0 Å². The molecule has 2 rings (SSSR count). The van der Waals surface area contributed by atoms with E-state index in [1.165, 1.54) is 0 Å². The number of imide groups is 1. The molecule has 1 heterocycles. The highest BCUT2D eigenvalue weighted by Crippen LogP contribution is 2.24. The number of rotatable bonds is 6. The topological polar surface area (TPSA) is 97.4 Å². The summed E-state index contributed by atoms with van der Waals surface area (Å²) in [5.74, 6) is -1.30. The van der Waals surface area contributed by atoms with E-state index in [1.807, 2.05) is 45.9 Å². The van der Waals surface area contributed by atoms with Gasteiger partial charge in [0.05, 0.1) is 11.1 Å². The van der Waals surface area contributed by atoms with Gasteiger partial charge in [-0.2, -0.15) is 0 Å². The maximum absolute atomic E-state index is 12.6. The Morgan fingerprint density at radius 2 is 1.89 bits per heavy atom. The van der Waals surface area contributed by atoms with E-state index in [0.29, 0.717) is 22.9 Å². The summed E-state index contributed by atoms with van der Waals surface area (Å²) >= 11 is 0. The van der Waals surface area contributed by atoms with E-state index in [1.54, 1.807) is 6.07 Å². The monoisotopic (exact) mass is 371 g/mol. The molecular weight excluding hydrogens is 346 g/mol. The maximum Gasteiger partial charge on any atom is 0.339 e. The molecule has 144 valence electrons. The second kappa shape index (κ2) is 9.12. The van der Waals surface area contributed by atoms with Crippen molar-refractivity contribution in [3.63, 3.8) is 0 Å². The van der Waals surface area contributed by atoms with E-state index in [4.69, 9.17) is 4.74 Å². The fourth-order valence-electron chi connectivity index (χ4n) is 2.69. The highest BCUT2D eigenvalue weighted by atomic mass is 16.5. The van der Waals surface area contributed by atoms with Crippen LogP contribution in [0, 0.1) is 6.92 Å². The van der Waals surface area contributed by atoms with Crippen molar-refractivity contribution < 1.29 is 19.1 Å². The average Bonchev–Trinajstić information content (AvgIpc) is 2.65. The number of carbonyl (C=O) groups excluding carboxylic acids is 3. The zero-order valence-corrected chi connectivity index (χ0v) is 16.1. The molecule has 0 radical (unpaired) electrons. The van der Waals surface area contributed by atoms with Crippen molar-refractivity contribution in [1.29, 1.82) is 0 Å². The minimum Gasteiger partial charge on any atom is -0.452 e. The number of urea groups is 1. The van der Waals surface area contributed by atoms with Gasteiger partial charge in [0.15, 0.2) is 6.61 Å². The molecule has 0 aliphatic heterocycles. The lowest BCUT2D eigenvalue weighted by Gasteiger charge is -2.14. The molecule has 1 aromatic carbocycles. The minimum absolute atomic E-state index is 0.0568. The molecule has 2 N–H and O–H groups in total. The molecule has 0 saturated carbocycles. The summed E-state index contributed by atoms with van der Waals surface area (Å²) in [7, 11) is 0. The Bertz CT molecular complexity index is 864. The lowest BCUT2D eigenvalue weighted by molar-refractivity contribution is -0.123. The van der Waals surface area contributed by atoms with Gasteiger partial charge >= 0.3 is 12.0 Å². The van der Waals surface area contributed by atoms with Crippen LogP contribution in [0.25, 0.3) is 10.9 Å². The first kappa shape index (κ1) is 20.4. The Hall–Kier alpha value is -2.96. The molecule has 0 fully saturated rings. The SMILES string of the molecule is CCc1nc2ccccc2c(C(=O)OCC(=O)NC(=O)N[C@H](C)CC)c1C. The van der Waals surface area contributed by atoms with Crippen LogP contribution < -0.4 is 10.6 Å². The second-order valence-electron chi connectivity index (χ2n) is 6.34. The van der Waals surface area contributed by atoms with Crippen LogP contribution in [-0.4, -0.2) is 35.5 Å². The van der Waals surface area contributed by atoms with E-state index in [-0.39, 0.29) is 6.04 Å². The first-order chi connectivity index (χ1) is 12.9. The van der Waals surface area contributed by atoms with Gasteiger partial charge < -0.3 is 10.1 Å². The van der Waals surface area contributed by atoms with Crippen LogP contribution >= 0.6 is 0 Å². The van der Waals surface area contributed by atoms with Crippen LogP contribution in [0.4, 0.5) is 4.79 Å². The molecule has 27 heavy (non-hydrogen) atoms. The number of nitrogens with zero attached hydrogens (tertiary/aromatic N) is 1. The molecule has 0 aliphatic carbocycles. The predicted molar refractivity (Wildman–Crippen MR) is 103 cm³/mol. The summed E-state index contributed by atoms with van der Waals surface area (Å²) in [5, 5.41) is 5.43. The quantitative estimate of drug-likeness (QED) is 0.761. The molecule has 0 bridgehead atoms. The molecule has 0 saturated heterocycles. The van der Waals surface area contributed by atoms with Gasteiger partial charge in [-0.25, -0.2) is 9.59 Å². The normalized spacial score (nSPS) is 11.7. The van der Waals surface area contributed by atoms with Gasteiger partial charge in [0.25, 0.3) is 5.91 Å². The van der Waals surface area contributed by atoms with E-state index in [9.17, 15) is 14.4 Å². The predicted octanol–water partition coefficient (Wildman–Crippen LogP) is 2.89. The zero-order chi connectivity index (χ0) is 20.0. The summed E-state index contributed by atoms with van der Waals surface area (Å²) in [6, 6.07) is 6.63. The third-order valence-corrected chi connectivity index (χ3v) is 4.35. The number of para-hydroxylation sites is 1. The number of hydrogen-bond acceptors (Lipinski definition) is 5. The number of hydrogen-bond donors (Lipinski definition) is 2. The fourth-order valence-corrected chi connectivity index (χ4v) is 2.69. The van der Waals surface area contributed by atoms with Crippen molar-refractivity contribution in [3.05, 3.63) is 41.1 Å². The molecule has 0 spiro atoms. The van der Waals surface area contributed by atoms with Crippen LogP contribution in [0.2, 0.25) is 0 Å². The zero-order valence-electron chi connectivity index (χ0n) is 16.1. The number of esters is 1. The Kier molecular flexibility index (Phi) is 6.87. The van der Waals surface area contributed by atoms with Crippen molar-refractivity contribution in [2.24, 2.45) is 0 Å². The molecule has 1 aromatic heterocycles. The molecule has 1 atom stereocenters. The van der Waals surface area contributed by atoms with Crippen LogP contribution in [0.5, 0.6) is 0 Å². The summed E-state index contributed by atoms with van der Waals surface area (Å²) < 4.78 is 5.15. The molecular formula is C20H25N3O4. The van der Waals surface area contributed by atoms with Gasteiger partial charge in [0.2, 0.25) is 0 Å². The standard InChI is InChI=1S/C20H25N3O4/c1-5-12(3)21-20(26)23-17(24)11-27-19(25)18-13(4)15(6-2)22-16-10-8-7-9-14(16)18/h7-10,12H,5-6,11H2,1-4H3,(H2,21,23,24,26)/t12-/m1/s1. The number of ether oxygens (including phenoxy) is 1. The van der Waals surface area contributed by atoms with E-state index < -0.39 is 24.5 Å². The van der Waals surface area contributed by atoms with Crippen molar-refractivity contribution in [3.8, 4) is 0 Å². The van der Waals surface area contributed by atoms with E-state index >= 15 is 0 Å². The van der Waals surface area contributed by atoms with Crippen molar-refractivity contribution >= 4 is 28.8 Å². The van der Waals surface area contributed by atoms with Crippen LogP contribution in [-0.2, 0) is 16.0 Å². The van der Waals surface area contributed by atoms with Crippen molar-refractivity contribution in [1.82, 2.24) is 15.6 Å². The van der Waals surface area contributed by atoms with E-state index in [2.05, 4.69) is 15.6 Å². The maximum atomic E-state index is 12.6. The molecule has 3 amide bonds. The van der Waals surface area contributed by atoms with Gasteiger partial charge in [-0.3, -0.25) is 15.1 Å². The number of nitrogens with one attached hydrogen (secondary N) is 2. The number of aryl methyl sites for hydroxylation is 1. The third kappa shape index (κ3) is 5.03. The molecule has 0 unspecified atom stereocenters. The van der Waals surface area contributed by atoms with Gasteiger partial charge in [0, 0.05) is 17.1 Å². The number of pyridine rings is 1. The minimum atomic E-state index is -0.684.